The number of para-hydroxylation sites is 3. The van der Waals surface area contributed by atoms with Gasteiger partial charge in [0.15, 0.2) is 0 Å². The summed E-state index contributed by atoms with van der Waals surface area (Å²) >= 11 is 0. The van der Waals surface area contributed by atoms with Gasteiger partial charge in [0.05, 0.1) is 0 Å². The maximum atomic E-state index is 14.8. The van der Waals surface area contributed by atoms with Crippen molar-refractivity contribution in [1.82, 2.24) is 0 Å². The molecule has 100 valence electrons. The molecule has 0 saturated carbocycles. The number of fused-ring (bicyclic) bond motifs is 2. The van der Waals surface area contributed by atoms with E-state index >= 15 is 0 Å². The highest BCUT2D eigenvalue weighted by Gasteiger charge is 2.34. The molecule has 21 heavy (non-hydrogen) atoms. The molecule has 4 rings (SSSR count). The Morgan fingerprint density at radius 1 is 0.619 bits per heavy atom. The van der Waals surface area contributed by atoms with Crippen molar-refractivity contribution in [3.8, 4) is 0 Å². The van der Waals surface area contributed by atoms with Crippen LogP contribution in [0.1, 0.15) is 0 Å². The SMILES string of the molecule is FB1c2ccccc2N(c2ccccc2)c2ccccc21. The highest BCUT2D eigenvalue weighted by atomic mass is 19.1. The van der Waals surface area contributed by atoms with E-state index < -0.39 is 6.99 Å². The third-order valence-electron chi connectivity index (χ3n) is 3.92. The van der Waals surface area contributed by atoms with Crippen molar-refractivity contribution in [2.24, 2.45) is 0 Å². The molecule has 3 aromatic rings. The normalized spacial score (nSPS) is 12.8. The maximum Gasteiger partial charge on any atom is 0.417 e. The van der Waals surface area contributed by atoms with Crippen molar-refractivity contribution in [2.75, 3.05) is 4.90 Å². The van der Waals surface area contributed by atoms with Gasteiger partial charge in [-0.25, -0.2) is 0 Å². The van der Waals surface area contributed by atoms with Gasteiger partial charge in [-0.2, -0.15) is 0 Å². The number of rotatable bonds is 1. The molecule has 1 nitrogen and oxygen atoms in total. The summed E-state index contributed by atoms with van der Waals surface area (Å²) in [4.78, 5) is 2.13. The van der Waals surface area contributed by atoms with Crippen LogP contribution in [0.4, 0.5) is 21.4 Å². The minimum absolute atomic E-state index is 0.722. The van der Waals surface area contributed by atoms with Crippen LogP contribution in [-0.4, -0.2) is 6.99 Å². The van der Waals surface area contributed by atoms with Gasteiger partial charge < -0.3 is 9.22 Å². The molecular weight excluding hydrogens is 260 g/mol. The first kappa shape index (κ1) is 12.2. The summed E-state index contributed by atoms with van der Waals surface area (Å²) in [5.74, 6) is 0. The minimum atomic E-state index is -1.07. The van der Waals surface area contributed by atoms with Crippen LogP contribution in [-0.2, 0) is 0 Å². The van der Waals surface area contributed by atoms with Gasteiger partial charge in [-0.15, -0.1) is 0 Å². The van der Waals surface area contributed by atoms with Gasteiger partial charge in [-0.3, -0.25) is 0 Å². The van der Waals surface area contributed by atoms with Crippen molar-refractivity contribution in [3.63, 3.8) is 0 Å². The molecule has 3 heteroatoms. The second-order valence-corrected chi connectivity index (χ2v) is 5.15. The van der Waals surface area contributed by atoms with Crippen LogP contribution in [0.15, 0.2) is 78.9 Å². The Bertz CT molecular complexity index is 740. The molecule has 3 aromatic carbocycles. The Labute approximate surface area is 123 Å². The van der Waals surface area contributed by atoms with Gasteiger partial charge in [0.2, 0.25) is 0 Å². The highest BCUT2D eigenvalue weighted by molar-refractivity contribution is 6.83. The van der Waals surface area contributed by atoms with E-state index in [1.807, 2.05) is 78.9 Å². The zero-order chi connectivity index (χ0) is 14.2. The molecule has 0 fully saturated rings. The molecule has 1 heterocycles. The van der Waals surface area contributed by atoms with Crippen LogP contribution in [0, 0.1) is 0 Å². The minimum Gasteiger partial charge on any atom is -0.322 e. The van der Waals surface area contributed by atoms with Crippen LogP contribution >= 0.6 is 0 Å². The van der Waals surface area contributed by atoms with E-state index in [1.54, 1.807) is 0 Å². The van der Waals surface area contributed by atoms with Crippen LogP contribution in [0.5, 0.6) is 0 Å². The Morgan fingerprint density at radius 3 is 1.67 bits per heavy atom. The van der Waals surface area contributed by atoms with Gasteiger partial charge in [0.1, 0.15) is 0 Å². The molecule has 0 N–H and O–H groups in total. The molecule has 0 spiro atoms. The first-order valence-electron chi connectivity index (χ1n) is 7.03. The van der Waals surface area contributed by atoms with Crippen LogP contribution in [0.25, 0.3) is 0 Å². The number of benzene rings is 3. The summed E-state index contributed by atoms with van der Waals surface area (Å²) in [6, 6.07) is 25.5. The lowest BCUT2D eigenvalue weighted by Gasteiger charge is -2.34. The molecule has 0 bridgehead atoms. The van der Waals surface area contributed by atoms with Gasteiger partial charge in [-0.1, -0.05) is 54.6 Å². The standard InChI is InChI=1S/C18H13BFN/c20-19-15-10-4-6-12-17(15)21(14-8-2-1-3-9-14)18-13-7-5-11-16(18)19/h1-13H. The van der Waals surface area contributed by atoms with Crippen LogP contribution in [0.3, 0.4) is 0 Å². The van der Waals surface area contributed by atoms with E-state index in [2.05, 4.69) is 4.90 Å². The summed E-state index contributed by atoms with van der Waals surface area (Å²) < 4.78 is 14.8. The predicted octanol–water partition coefficient (Wildman–Crippen LogP) is 3.55. The summed E-state index contributed by atoms with van der Waals surface area (Å²) in [6.07, 6.45) is 0. The fourth-order valence-electron chi connectivity index (χ4n) is 2.96. The average molecular weight is 273 g/mol. The van der Waals surface area contributed by atoms with Crippen molar-refractivity contribution in [3.05, 3.63) is 78.9 Å². The second-order valence-electron chi connectivity index (χ2n) is 5.15. The molecule has 1 aliphatic heterocycles. The number of nitrogens with zero attached hydrogens (tertiary/aromatic N) is 1. The summed E-state index contributed by atoms with van der Waals surface area (Å²) in [5.41, 5.74) is 4.31. The Balaban J connectivity index is 2.01. The predicted molar refractivity (Wildman–Crippen MR) is 87.3 cm³/mol. The Hall–Kier alpha value is -2.55. The van der Waals surface area contributed by atoms with Gasteiger partial charge in [-0.05, 0) is 35.2 Å². The van der Waals surface area contributed by atoms with Gasteiger partial charge in [0, 0.05) is 17.1 Å². The van der Waals surface area contributed by atoms with E-state index in [0.717, 1.165) is 28.0 Å². The maximum absolute atomic E-state index is 14.8. The number of anilines is 3. The zero-order valence-corrected chi connectivity index (χ0v) is 11.4. The fourth-order valence-corrected chi connectivity index (χ4v) is 2.96. The fraction of sp³-hybridized carbons (Fsp3) is 0. The molecule has 0 aliphatic carbocycles. The lowest BCUT2D eigenvalue weighted by atomic mass is 9.55. The summed E-state index contributed by atoms with van der Waals surface area (Å²) in [7, 11) is 0. The molecule has 1 aliphatic rings. The molecule has 0 atom stereocenters. The van der Waals surface area contributed by atoms with Gasteiger partial charge >= 0.3 is 6.99 Å². The first-order chi connectivity index (χ1) is 10.4. The average Bonchev–Trinajstić information content (AvgIpc) is 2.56. The molecule has 0 amide bonds. The Morgan fingerprint density at radius 2 is 1.10 bits per heavy atom. The number of hydrogen-bond acceptors (Lipinski definition) is 1. The van der Waals surface area contributed by atoms with E-state index in [1.165, 1.54) is 0 Å². The zero-order valence-electron chi connectivity index (χ0n) is 11.4. The lowest BCUT2D eigenvalue weighted by Crippen LogP contribution is -2.47. The summed E-state index contributed by atoms with van der Waals surface area (Å²) in [6.45, 7) is -1.07. The first-order valence-corrected chi connectivity index (χ1v) is 7.03. The monoisotopic (exact) mass is 273 g/mol. The van der Waals surface area contributed by atoms with E-state index in [4.69, 9.17) is 0 Å². The van der Waals surface area contributed by atoms with E-state index in [-0.39, 0.29) is 0 Å². The third-order valence-corrected chi connectivity index (χ3v) is 3.92. The van der Waals surface area contributed by atoms with Crippen LogP contribution < -0.4 is 15.8 Å². The number of halogens is 1. The molecular formula is C18H13BFN. The molecule has 0 aromatic heterocycles. The highest BCUT2D eigenvalue weighted by Crippen LogP contribution is 2.35. The molecule has 0 unspecified atom stereocenters. The second kappa shape index (κ2) is 4.78. The van der Waals surface area contributed by atoms with Crippen molar-refractivity contribution < 1.29 is 4.32 Å². The van der Waals surface area contributed by atoms with Crippen LogP contribution in [0.2, 0.25) is 0 Å². The smallest absolute Gasteiger partial charge is 0.322 e. The lowest BCUT2D eigenvalue weighted by molar-refractivity contribution is 0.863. The van der Waals surface area contributed by atoms with Crippen molar-refractivity contribution in [1.29, 1.82) is 0 Å². The topological polar surface area (TPSA) is 3.24 Å². The Kier molecular flexibility index (Phi) is 2.78. The van der Waals surface area contributed by atoms with E-state index in [0.29, 0.717) is 0 Å². The quantitative estimate of drug-likeness (QED) is 0.613. The summed E-state index contributed by atoms with van der Waals surface area (Å²) in [5, 5.41) is 0. The molecule has 0 radical (unpaired) electrons. The number of hydrogen-bond donors (Lipinski definition) is 0. The molecule has 0 saturated heterocycles. The third kappa shape index (κ3) is 1.85. The van der Waals surface area contributed by atoms with E-state index in [9.17, 15) is 4.32 Å². The van der Waals surface area contributed by atoms with Crippen molar-refractivity contribution >= 4 is 35.0 Å². The van der Waals surface area contributed by atoms with Crippen molar-refractivity contribution in [2.45, 2.75) is 0 Å². The van der Waals surface area contributed by atoms with Gasteiger partial charge in [0.25, 0.3) is 0 Å². The largest absolute Gasteiger partial charge is 0.417 e.